The van der Waals surface area contributed by atoms with Gasteiger partial charge in [0, 0.05) is 12.7 Å². The van der Waals surface area contributed by atoms with Crippen LogP contribution in [0.2, 0.25) is 0 Å². The molecule has 8 nitrogen and oxygen atoms in total. The van der Waals surface area contributed by atoms with Gasteiger partial charge in [-0.1, -0.05) is 31.4 Å². The molecule has 38 heavy (non-hydrogen) atoms. The fourth-order valence-corrected chi connectivity index (χ4v) is 4.19. The quantitative estimate of drug-likeness (QED) is 0.335. The summed E-state index contributed by atoms with van der Waals surface area (Å²) in [5.41, 5.74) is 7.83. The van der Waals surface area contributed by atoms with Crippen LogP contribution < -0.4 is 25.3 Å². The molecular weight excluding hydrogens is 494 g/mol. The predicted octanol–water partition coefficient (Wildman–Crippen LogP) is 4.64. The topological polar surface area (TPSA) is 100 Å². The number of ether oxygens (including phenoxy) is 3. The number of hydrogen-bond acceptors (Lipinski definition) is 6. The first-order valence-electron chi connectivity index (χ1n) is 11.7. The summed E-state index contributed by atoms with van der Waals surface area (Å²) in [7, 11) is 0. The molecule has 194 valence electrons. The first-order chi connectivity index (χ1) is 18.4. The lowest BCUT2D eigenvalue weighted by Gasteiger charge is -2.18. The number of benzene rings is 2. The third-order valence-electron chi connectivity index (χ3n) is 6.15. The summed E-state index contributed by atoms with van der Waals surface area (Å²) in [4.78, 5) is 18.1. The normalized spacial score (nSPS) is 12.8. The van der Waals surface area contributed by atoms with Gasteiger partial charge < -0.3 is 25.3 Å². The highest BCUT2D eigenvalue weighted by Gasteiger charge is 2.25. The highest BCUT2D eigenvalue weighted by Crippen LogP contribution is 2.34. The molecule has 1 atom stereocenters. The van der Waals surface area contributed by atoms with Crippen molar-refractivity contribution in [2.24, 2.45) is 5.73 Å². The Morgan fingerprint density at radius 1 is 1.16 bits per heavy atom. The van der Waals surface area contributed by atoms with Crippen LogP contribution in [0.15, 0.2) is 61.8 Å². The number of amides is 1. The Kier molecular flexibility index (Phi) is 6.80. The molecule has 0 saturated heterocycles. The van der Waals surface area contributed by atoms with E-state index in [1.54, 1.807) is 36.5 Å². The minimum Gasteiger partial charge on any atom is -0.485 e. The van der Waals surface area contributed by atoms with Gasteiger partial charge in [0.05, 0.1) is 17.3 Å². The summed E-state index contributed by atoms with van der Waals surface area (Å²) in [6, 6.07) is 10.00. The van der Waals surface area contributed by atoms with Crippen molar-refractivity contribution in [1.29, 1.82) is 0 Å². The van der Waals surface area contributed by atoms with Gasteiger partial charge in [0.1, 0.15) is 23.9 Å². The van der Waals surface area contributed by atoms with Crippen LogP contribution in [0.3, 0.4) is 0 Å². The lowest BCUT2D eigenvalue weighted by Crippen LogP contribution is -2.34. The van der Waals surface area contributed by atoms with Gasteiger partial charge in [0.15, 0.2) is 22.9 Å². The number of aromatic nitrogens is 2. The number of rotatable bonds is 9. The number of nitrogens with two attached hydrogens (primary N) is 1. The Balaban J connectivity index is 1.50. The molecule has 1 unspecified atom stereocenters. The maximum Gasteiger partial charge on any atom is 0.271 e. The summed E-state index contributed by atoms with van der Waals surface area (Å²) < 4.78 is 46.4. The standard InChI is InChI=1S/C28H24F2N4O4/c1-3-16-10-25(36-14-18-19(29)6-5-7-20(18)30)27-32-21(4-2)26(34(27)13-16)28(35)33-22(12-31)17-8-9-23-24(11-17)38-15-37-23/h3-11,13,22H,1-2,12,14-15,31H2,(H,33,35). The van der Waals surface area contributed by atoms with E-state index in [9.17, 15) is 13.6 Å². The molecule has 0 fully saturated rings. The van der Waals surface area contributed by atoms with Crippen molar-refractivity contribution in [3.63, 3.8) is 0 Å². The number of carbonyl (C=O) groups excluding carboxylic acids is 1. The molecule has 4 aromatic rings. The number of fused-ring (bicyclic) bond motifs is 2. The van der Waals surface area contributed by atoms with Crippen LogP contribution in [0, 0.1) is 11.6 Å². The number of carbonyl (C=O) groups is 1. The van der Waals surface area contributed by atoms with Gasteiger partial charge in [-0.25, -0.2) is 13.8 Å². The zero-order chi connectivity index (χ0) is 26.8. The van der Waals surface area contributed by atoms with Gasteiger partial charge in [-0.3, -0.25) is 9.20 Å². The molecule has 10 heteroatoms. The Morgan fingerprint density at radius 2 is 1.92 bits per heavy atom. The Bertz CT molecular complexity index is 1550. The van der Waals surface area contributed by atoms with Gasteiger partial charge in [0.2, 0.25) is 6.79 Å². The lowest BCUT2D eigenvalue weighted by atomic mass is 10.1. The van der Waals surface area contributed by atoms with Gasteiger partial charge in [-0.15, -0.1) is 0 Å². The summed E-state index contributed by atoms with van der Waals surface area (Å²) >= 11 is 0. The number of nitrogens with one attached hydrogen (secondary N) is 1. The van der Waals surface area contributed by atoms with Crippen molar-refractivity contribution in [3.05, 3.63) is 102 Å². The minimum absolute atomic E-state index is 0.117. The van der Waals surface area contributed by atoms with E-state index < -0.39 is 23.6 Å². The van der Waals surface area contributed by atoms with E-state index in [0.717, 1.165) is 17.7 Å². The third-order valence-corrected chi connectivity index (χ3v) is 6.15. The zero-order valence-electron chi connectivity index (χ0n) is 20.2. The van der Waals surface area contributed by atoms with Gasteiger partial charge in [0.25, 0.3) is 5.91 Å². The number of hydrogen-bond donors (Lipinski definition) is 2. The zero-order valence-corrected chi connectivity index (χ0v) is 20.2. The largest absolute Gasteiger partial charge is 0.485 e. The number of halogens is 2. The predicted molar refractivity (Wildman–Crippen MR) is 138 cm³/mol. The molecule has 0 radical (unpaired) electrons. The van der Waals surface area contributed by atoms with Crippen LogP contribution in [0.4, 0.5) is 8.78 Å². The first kappa shape index (κ1) is 25.0. The molecule has 0 saturated carbocycles. The average Bonchev–Trinajstić information content (AvgIpc) is 3.55. The van der Waals surface area contributed by atoms with Crippen molar-refractivity contribution in [3.8, 4) is 17.2 Å². The molecule has 0 aliphatic carbocycles. The number of imidazole rings is 1. The van der Waals surface area contributed by atoms with E-state index in [4.69, 9.17) is 19.9 Å². The SMILES string of the molecule is C=Cc1cc(OCc2c(F)cccc2F)c2nc(C=C)c(C(=O)NC(CN)c3ccc4c(c3)OCO4)n2c1. The first-order valence-corrected chi connectivity index (χ1v) is 11.7. The molecule has 1 amide bonds. The van der Waals surface area contributed by atoms with Crippen molar-refractivity contribution in [1.82, 2.24) is 14.7 Å². The van der Waals surface area contributed by atoms with E-state index in [1.807, 2.05) is 0 Å². The molecule has 3 N–H and O–H groups in total. The third kappa shape index (κ3) is 4.57. The van der Waals surface area contributed by atoms with E-state index in [1.165, 1.54) is 16.5 Å². The molecule has 1 aliphatic rings. The average molecular weight is 519 g/mol. The van der Waals surface area contributed by atoms with E-state index in [0.29, 0.717) is 17.1 Å². The van der Waals surface area contributed by atoms with Crippen molar-refractivity contribution in [2.45, 2.75) is 12.6 Å². The van der Waals surface area contributed by atoms with Gasteiger partial charge in [-0.2, -0.15) is 0 Å². The molecule has 3 heterocycles. The fourth-order valence-electron chi connectivity index (χ4n) is 4.19. The van der Waals surface area contributed by atoms with Crippen LogP contribution >= 0.6 is 0 Å². The van der Waals surface area contributed by atoms with E-state index >= 15 is 0 Å². The Morgan fingerprint density at radius 3 is 2.63 bits per heavy atom. The lowest BCUT2D eigenvalue weighted by molar-refractivity contribution is 0.0931. The molecular formula is C28H24F2N4O4. The minimum atomic E-state index is -0.729. The summed E-state index contributed by atoms with van der Waals surface area (Å²) in [5.74, 6) is -0.530. The molecule has 2 aromatic heterocycles. The second kappa shape index (κ2) is 10.3. The highest BCUT2D eigenvalue weighted by atomic mass is 19.1. The van der Waals surface area contributed by atoms with Crippen LogP contribution in [0.25, 0.3) is 17.8 Å². The van der Waals surface area contributed by atoms with E-state index in [-0.39, 0.29) is 48.3 Å². The van der Waals surface area contributed by atoms with Crippen LogP contribution in [0.5, 0.6) is 17.2 Å². The second-order valence-electron chi connectivity index (χ2n) is 8.45. The van der Waals surface area contributed by atoms with Gasteiger partial charge >= 0.3 is 0 Å². The van der Waals surface area contributed by atoms with E-state index in [2.05, 4.69) is 23.5 Å². The Labute approximate surface area is 217 Å². The van der Waals surface area contributed by atoms with Crippen LogP contribution in [-0.2, 0) is 6.61 Å². The maximum absolute atomic E-state index is 14.2. The molecule has 1 aliphatic heterocycles. The van der Waals surface area contributed by atoms with Gasteiger partial charge in [-0.05, 0) is 47.5 Å². The van der Waals surface area contributed by atoms with Crippen molar-refractivity contribution < 1.29 is 27.8 Å². The number of nitrogens with zero attached hydrogens (tertiary/aromatic N) is 2. The second-order valence-corrected chi connectivity index (χ2v) is 8.45. The Hall–Kier alpha value is -4.70. The summed E-state index contributed by atoms with van der Waals surface area (Å²) in [5, 5.41) is 2.94. The summed E-state index contributed by atoms with van der Waals surface area (Å²) in [6.45, 7) is 7.43. The van der Waals surface area contributed by atoms with Crippen molar-refractivity contribution in [2.75, 3.05) is 13.3 Å². The monoisotopic (exact) mass is 518 g/mol. The fraction of sp³-hybridized carbons (Fsp3) is 0.143. The van der Waals surface area contributed by atoms with Crippen LogP contribution in [-0.4, -0.2) is 28.6 Å². The summed E-state index contributed by atoms with van der Waals surface area (Å²) in [6.07, 6.45) is 4.65. The molecule has 5 rings (SSSR count). The molecule has 2 aromatic carbocycles. The molecule has 0 spiro atoms. The maximum atomic E-state index is 14.2. The number of pyridine rings is 1. The van der Waals surface area contributed by atoms with Crippen LogP contribution in [0.1, 0.15) is 38.9 Å². The highest BCUT2D eigenvalue weighted by molar-refractivity contribution is 5.97. The molecule has 0 bridgehead atoms. The smallest absolute Gasteiger partial charge is 0.271 e. The van der Waals surface area contributed by atoms with Crippen molar-refractivity contribution >= 4 is 23.7 Å².